The normalized spacial score (nSPS) is 17.7. The molecule has 1 aliphatic rings. The van der Waals surface area contributed by atoms with Crippen molar-refractivity contribution < 1.29 is 22.7 Å². The lowest BCUT2D eigenvalue weighted by Gasteiger charge is -2.23. The standard InChI is InChI=1S/C24H23N5O5S/c1-14-21(29(24(31)34-14)18-6-4-5-16(13-18)22(25)26)23(30)28-17-11-9-15(10-12-17)19-7-2-3-8-20(19)35(27,32)33/h2-14,21H,1H3,(H3,25,26)(H,28,30)(H2,27,32,33). The van der Waals surface area contributed by atoms with E-state index in [0.29, 0.717) is 28.1 Å². The number of sulfonamides is 1. The number of anilines is 2. The topological polar surface area (TPSA) is 169 Å². The van der Waals surface area contributed by atoms with E-state index in [-0.39, 0.29) is 10.7 Å². The second kappa shape index (κ2) is 9.20. The predicted octanol–water partition coefficient (Wildman–Crippen LogP) is 2.64. The molecule has 0 saturated carbocycles. The molecule has 0 bridgehead atoms. The van der Waals surface area contributed by atoms with Crippen molar-refractivity contribution in [1.82, 2.24) is 0 Å². The molecule has 11 heteroatoms. The number of hydrogen-bond donors (Lipinski definition) is 4. The summed E-state index contributed by atoms with van der Waals surface area (Å²) in [6.45, 7) is 1.62. The summed E-state index contributed by atoms with van der Waals surface area (Å²) in [5, 5.41) is 15.7. The minimum Gasteiger partial charge on any atom is -0.443 e. The maximum Gasteiger partial charge on any atom is 0.415 e. The van der Waals surface area contributed by atoms with Gasteiger partial charge in [-0.05, 0) is 42.8 Å². The van der Waals surface area contributed by atoms with E-state index in [0.717, 1.165) is 0 Å². The molecule has 4 rings (SSSR count). The molecule has 1 heterocycles. The highest BCUT2D eigenvalue weighted by molar-refractivity contribution is 7.89. The molecule has 6 N–H and O–H groups in total. The lowest BCUT2D eigenvalue weighted by molar-refractivity contribution is -0.118. The number of primary sulfonamides is 1. The fourth-order valence-electron chi connectivity index (χ4n) is 3.93. The van der Waals surface area contributed by atoms with Crippen LogP contribution in [-0.4, -0.2) is 38.4 Å². The number of carbonyl (C=O) groups excluding carboxylic acids is 2. The van der Waals surface area contributed by atoms with Gasteiger partial charge in [-0.1, -0.05) is 42.5 Å². The number of nitrogens with one attached hydrogen (secondary N) is 2. The fourth-order valence-corrected chi connectivity index (χ4v) is 4.69. The number of hydrogen-bond acceptors (Lipinski definition) is 6. The Morgan fingerprint density at radius 1 is 1.06 bits per heavy atom. The number of cyclic esters (lactones) is 1. The molecule has 3 aromatic carbocycles. The largest absolute Gasteiger partial charge is 0.443 e. The van der Waals surface area contributed by atoms with Crippen molar-refractivity contribution in [3.8, 4) is 11.1 Å². The third-order valence-corrected chi connectivity index (χ3v) is 6.54. The van der Waals surface area contributed by atoms with Crippen LogP contribution in [0, 0.1) is 5.41 Å². The Morgan fingerprint density at radius 3 is 2.40 bits per heavy atom. The number of nitrogens with zero attached hydrogens (tertiary/aromatic N) is 1. The van der Waals surface area contributed by atoms with Gasteiger partial charge in [-0.15, -0.1) is 0 Å². The monoisotopic (exact) mass is 493 g/mol. The van der Waals surface area contributed by atoms with Crippen LogP contribution in [0.3, 0.4) is 0 Å². The van der Waals surface area contributed by atoms with Gasteiger partial charge in [0.2, 0.25) is 10.0 Å². The molecule has 0 radical (unpaired) electrons. The van der Waals surface area contributed by atoms with E-state index < -0.39 is 34.2 Å². The van der Waals surface area contributed by atoms with E-state index in [1.807, 2.05) is 0 Å². The Kier molecular flexibility index (Phi) is 6.29. The minimum atomic E-state index is -3.92. The molecule has 180 valence electrons. The van der Waals surface area contributed by atoms with Crippen LogP contribution in [0.5, 0.6) is 0 Å². The van der Waals surface area contributed by atoms with Crippen molar-refractivity contribution in [2.45, 2.75) is 24.0 Å². The van der Waals surface area contributed by atoms with Gasteiger partial charge < -0.3 is 15.8 Å². The van der Waals surface area contributed by atoms with Gasteiger partial charge in [-0.25, -0.2) is 18.4 Å². The van der Waals surface area contributed by atoms with Gasteiger partial charge in [0.25, 0.3) is 5.91 Å². The van der Waals surface area contributed by atoms with Crippen LogP contribution in [0.15, 0.2) is 77.7 Å². The van der Waals surface area contributed by atoms with Crippen LogP contribution in [-0.2, 0) is 19.6 Å². The van der Waals surface area contributed by atoms with Crippen molar-refractivity contribution in [1.29, 1.82) is 5.41 Å². The molecule has 1 fully saturated rings. The first-order chi connectivity index (χ1) is 16.6. The number of carbonyl (C=O) groups is 2. The molecule has 1 saturated heterocycles. The Labute approximate surface area is 202 Å². The summed E-state index contributed by atoms with van der Waals surface area (Å²) < 4.78 is 29.1. The van der Waals surface area contributed by atoms with Crippen LogP contribution in [0.1, 0.15) is 12.5 Å². The zero-order valence-corrected chi connectivity index (χ0v) is 19.5. The number of nitrogens with two attached hydrogens (primary N) is 2. The van der Waals surface area contributed by atoms with Gasteiger partial charge in [-0.2, -0.15) is 0 Å². The third kappa shape index (κ3) is 4.86. The smallest absolute Gasteiger partial charge is 0.415 e. The van der Waals surface area contributed by atoms with Crippen molar-refractivity contribution in [2.75, 3.05) is 10.2 Å². The highest BCUT2D eigenvalue weighted by Crippen LogP contribution is 2.30. The summed E-state index contributed by atoms with van der Waals surface area (Å²) in [5.41, 5.74) is 7.82. The zero-order valence-electron chi connectivity index (χ0n) is 18.6. The molecule has 35 heavy (non-hydrogen) atoms. The molecular formula is C24H23N5O5S. The Morgan fingerprint density at radius 2 is 1.74 bits per heavy atom. The number of benzene rings is 3. The quantitative estimate of drug-likeness (QED) is 0.304. The summed E-state index contributed by atoms with van der Waals surface area (Å²) in [6, 6.07) is 18.4. The summed E-state index contributed by atoms with van der Waals surface area (Å²) in [5.74, 6) is -0.646. The fraction of sp³-hybridized carbons (Fsp3) is 0.125. The van der Waals surface area contributed by atoms with E-state index in [1.54, 1.807) is 73.7 Å². The first-order valence-corrected chi connectivity index (χ1v) is 12.1. The molecule has 10 nitrogen and oxygen atoms in total. The van der Waals surface area contributed by atoms with Crippen molar-refractivity contribution >= 4 is 39.2 Å². The first kappa shape index (κ1) is 23.9. The van der Waals surface area contributed by atoms with E-state index in [1.165, 1.54) is 11.0 Å². The lowest BCUT2D eigenvalue weighted by atomic mass is 10.0. The molecular weight excluding hydrogens is 470 g/mol. The Bertz CT molecular complexity index is 1420. The molecule has 2 amide bonds. The third-order valence-electron chi connectivity index (χ3n) is 5.57. The van der Waals surface area contributed by atoms with Gasteiger partial charge in [0, 0.05) is 22.5 Å². The van der Waals surface area contributed by atoms with Crippen LogP contribution < -0.4 is 21.1 Å². The molecule has 3 aromatic rings. The van der Waals surface area contributed by atoms with Crippen molar-refractivity contribution in [2.24, 2.45) is 10.9 Å². The zero-order chi connectivity index (χ0) is 25.3. The van der Waals surface area contributed by atoms with E-state index in [2.05, 4.69) is 5.32 Å². The minimum absolute atomic E-state index is 0.00402. The van der Waals surface area contributed by atoms with Crippen LogP contribution >= 0.6 is 0 Å². The number of rotatable bonds is 6. The predicted molar refractivity (Wildman–Crippen MR) is 132 cm³/mol. The Hall–Kier alpha value is -4.22. The number of nitrogen functional groups attached to an aromatic ring is 1. The van der Waals surface area contributed by atoms with E-state index in [4.69, 9.17) is 21.0 Å². The number of amides is 2. The van der Waals surface area contributed by atoms with Gasteiger partial charge in [0.15, 0.2) is 6.04 Å². The molecule has 0 aromatic heterocycles. The summed E-state index contributed by atoms with van der Waals surface area (Å²) in [4.78, 5) is 26.9. The maximum atomic E-state index is 13.2. The maximum absolute atomic E-state index is 13.2. The van der Waals surface area contributed by atoms with Gasteiger partial charge in [0.1, 0.15) is 11.9 Å². The highest BCUT2D eigenvalue weighted by Gasteiger charge is 2.45. The summed E-state index contributed by atoms with van der Waals surface area (Å²) in [6.07, 6.45) is -1.42. The van der Waals surface area contributed by atoms with Crippen LogP contribution in [0.2, 0.25) is 0 Å². The molecule has 0 aliphatic carbocycles. The van der Waals surface area contributed by atoms with E-state index in [9.17, 15) is 18.0 Å². The second-order valence-corrected chi connectivity index (χ2v) is 9.51. The number of ether oxygens (including phenoxy) is 1. The van der Waals surface area contributed by atoms with Crippen LogP contribution in [0.4, 0.5) is 16.2 Å². The SMILES string of the molecule is CC1OC(=O)N(c2cccc(C(=N)N)c2)C1C(=O)Nc1ccc(-c2ccccc2S(N)(=O)=O)cc1. The van der Waals surface area contributed by atoms with Crippen molar-refractivity contribution in [3.63, 3.8) is 0 Å². The second-order valence-electron chi connectivity index (χ2n) is 7.98. The summed E-state index contributed by atoms with van der Waals surface area (Å²) >= 11 is 0. The lowest BCUT2D eigenvalue weighted by Crippen LogP contribution is -2.45. The summed E-state index contributed by atoms with van der Waals surface area (Å²) in [7, 11) is -3.92. The van der Waals surface area contributed by atoms with Gasteiger partial charge in [0.05, 0.1) is 4.90 Å². The van der Waals surface area contributed by atoms with E-state index >= 15 is 0 Å². The average molecular weight is 494 g/mol. The van der Waals surface area contributed by atoms with Gasteiger partial charge >= 0.3 is 6.09 Å². The molecule has 1 aliphatic heterocycles. The number of amidine groups is 1. The van der Waals surface area contributed by atoms with Gasteiger partial charge in [-0.3, -0.25) is 15.1 Å². The van der Waals surface area contributed by atoms with Crippen LogP contribution in [0.25, 0.3) is 11.1 Å². The first-order valence-electron chi connectivity index (χ1n) is 10.5. The highest BCUT2D eigenvalue weighted by atomic mass is 32.2. The molecule has 0 spiro atoms. The average Bonchev–Trinajstić information content (AvgIpc) is 3.12. The molecule has 2 unspecified atom stereocenters. The Balaban J connectivity index is 1.58. The molecule has 2 atom stereocenters. The van der Waals surface area contributed by atoms with Crippen molar-refractivity contribution in [3.05, 3.63) is 78.4 Å².